The highest BCUT2D eigenvalue weighted by molar-refractivity contribution is 5.91. The molecule has 4 heteroatoms. The van der Waals surface area contributed by atoms with Gasteiger partial charge in [-0.05, 0) is 44.1 Å². The number of hydrogen-bond donors (Lipinski definition) is 0. The summed E-state index contributed by atoms with van der Waals surface area (Å²) in [5, 5.41) is 0. The predicted octanol–water partition coefficient (Wildman–Crippen LogP) is 4.48. The fourth-order valence-corrected chi connectivity index (χ4v) is 6.29. The average molecular weight is 393 g/mol. The zero-order valence-corrected chi connectivity index (χ0v) is 17.3. The van der Waals surface area contributed by atoms with Gasteiger partial charge in [-0.3, -0.25) is 9.59 Å². The second-order valence-corrected chi connectivity index (χ2v) is 9.44. The monoisotopic (exact) mass is 392 g/mol. The number of amides is 2. The number of carbonyl (C=O) groups excluding carboxylic acids is 2. The Morgan fingerprint density at radius 2 is 1.59 bits per heavy atom. The number of likely N-dealkylation sites (tertiary alicyclic amines) is 2. The average Bonchev–Trinajstić information content (AvgIpc) is 3.33. The van der Waals surface area contributed by atoms with Gasteiger partial charge in [0.1, 0.15) is 0 Å². The molecular formula is C25H32N2O2. The third kappa shape index (κ3) is 3.12. The van der Waals surface area contributed by atoms with Crippen LogP contribution in [0.5, 0.6) is 0 Å². The van der Waals surface area contributed by atoms with E-state index in [1.165, 1.54) is 24.8 Å². The SMILES string of the molecule is O=C(C1CC=CC1)N1CCC(N2C(=O)C3(CCCCC3)C2c2ccccc2)CC1. The lowest BCUT2D eigenvalue weighted by Gasteiger charge is -2.61. The van der Waals surface area contributed by atoms with Crippen LogP contribution in [-0.4, -0.2) is 40.7 Å². The molecule has 2 heterocycles. The summed E-state index contributed by atoms with van der Waals surface area (Å²) in [6.07, 6.45) is 13.5. The first-order chi connectivity index (χ1) is 14.2. The van der Waals surface area contributed by atoms with Crippen LogP contribution >= 0.6 is 0 Å². The van der Waals surface area contributed by atoms with E-state index in [0.717, 1.165) is 51.6 Å². The van der Waals surface area contributed by atoms with E-state index in [4.69, 9.17) is 0 Å². The van der Waals surface area contributed by atoms with E-state index in [2.05, 4.69) is 47.4 Å². The van der Waals surface area contributed by atoms with Gasteiger partial charge in [0.2, 0.25) is 11.8 Å². The summed E-state index contributed by atoms with van der Waals surface area (Å²) < 4.78 is 0. The largest absolute Gasteiger partial charge is 0.342 e. The molecule has 0 bridgehead atoms. The highest BCUT2D eigenvalue weighted by Crippen LogP contribution is 2.59. The zero-order chi connectivity index (χ0) is 19.8. The number of piperidine rings is 1. The van der Waals surface area contributed by atoms with Crippen LogP contribution in [0, 0.1) is 11.3 Å². The quantitative estimate of drug-likeness (QED) is 0.562. The summed E-state index contributed by atoms with van der Waals surface area (Å²) in [5.41, 5.74) is 1.13. The van der Waals surface area contributed by atoms with Gasteiger partial charge < -0.3 is 9.80 Å². The minimum absolute atomic E-state index is 0.153. The van der Waals surface area contributed by atoms with Crippen molar-refractivity contribution >= 4 is 11.8 Å². The summed E-state index contributed by atoms with van der Waals surface area (Å²) >= 11 is 0. The number of hydrogen-bond acceptors (Lipinski definition) is 2. The molecule has 5 rings (SSSR count). The van der Waals surface area contributed by atoms with Crippen molar-refractivity contribution in [2.45, 2.75) is 69.9 Å². The molecule has 2 saturated heterocycles. The number of rotatable bonds is 3. The van der Waals surface area contributed by atoms with Gasteiger partial charge in [0.05, 0.1) is 11.5 Å². The number of benzene rings is 1. The Kier molecular flexibility index (Phi) is 4.97. The molecule has 2 aliphatic carbocycles. The van der Waals surface area contributed by atoms with E-state index in [9.17, 15) is 9.59 Å². The van der Waals surface area contributed by atoms with Crippen LogP contribution in [0.3, 0.4) is 0 Å². The molecule has 29 heavy (non-hydrogen) atoms. The molecule has 3 fully saturated rings. The first-order valence-electron chi connectivity index (χ1n) is 11.5. The Hall–Kier alpha value is -2.10. The highest BCUT2D eigenvalue weighted by atomic mass is 16.2. The van der Waals surface area contributed by atoms with Crippen LogP contribution in [0.4, 0.5) is 0 Å². The minimum Gasteiger partial charge on any atom is -0.342 e. The second kappa shape index (κ2) is 7.62. The molecule has 1 spiro atoms. The van der Waals surface area contributed by atoms with E-state index in [0.29, 0.717) is 11.8 Å². The normalized spacial score (nSPS) is 27.4. The first-order valence-corrected chi connectivity index (χ1v) is 11.5. The van der Waals surface area contributed by atoms with E-state index in [-0.39, 0.29) is 23.4 Å². The Morgan fingerprint density at radius 1 is 0.931 bits per heavy atom. The number of carbonyl (C=O) groups is 2. The van der Waals surface area contributed by atoms with Gasteiger partial charge in [0.25, 0.3) is 0 Å². The third-order valence-corrected chi connectivity index (χ3v) is 7.85. The van der Waals surface area contributed by atoms with Gasteiger partial charge in [-0.25, -0.2) is 0 Å². The van der Waals surface area contributed by atoms with Gasteiger partial charge in [0.15, 0.2) is 0 Å². The van der Waals surface area contributed by atoms with Crippen LogP contribution in [0.25, 0.3) is 0 Å². The minimum atomic E-state index is -0.165. The fraction of sp³-hybridized carbons (Fsp3) is 0.600. The highest BCUT2D eigenvalue weighted by Gasteiger charge is 2.62. The van der Waals surface area contributed by atoms with Crippen molar-refractivity contribution in [2.24, 2.45) is 11.3 Å². The van der Waals surface area contributed by atoms with Gasteiger partial charge in [-0.15, -0.1) is 0 Å². The molecule has 1 atom stereocenters. The van der Waals surface area contributed by atoms with Crippen LogP contribution in [0.2, 0.25) is 0 Å². The summed E-state index contributed by atoms with van der Waals surface area (Å²) in [5.74, 6) is 0.849. The molecule has 154 valence electrons. The van der Waals surface area contributed by atoms with E-state index in [1.807, 2.05) is 4.90 Å². The summed E-state index contributed by atoms with van der Waals surface area (Å²) in [6, 6.07) is 11.2. The molecule has 1 saturated carbocycles. The molecule has 0 radical (unpaired) electrons. The van der Waals surface area contributed by atoms with Crippen LogP contribution < -0.4 is 0 Å². The summed E-state index contributed by atoms with van der Waals surface area (Å²) in [4.78, 5) is 30.5. The smallest absolute Gasteiger partial charge is 0.232 e. The summed E-state index contributed by atoms with van der Waals surface area (Å²) in [7, 11) is 0. The molecule has 1 aromatic carbocycles. The molecule has 0 N–H and O–H groups in total. The van der Waals surface area contributed by atoms with Crippen molar-refractivity contribution in [1.82, 2.24) is 9.80 Å². The molecule has 2 aliphatic heterocycles. The molecule has 2 amide bonds. The molecule has 4 nitrogen and oxygen atoms in total. The van der Waals surface area contributed by atoms with E-state index >= 15 is 0 Å². The van der Waals surface area contributed by atoms with Crippen molar-refractivity contribution in [3.63, 3.8) is 0 Å². The van der Waals surface area contributed by atoms with Crippen molar-refractivity contribution < 1.29 is 9.59 Å². The molecule has 1 aromatic rings. The Bertz CT molecular complexity index is 780. The van der Waals surface area contributed by atoms with Crippen molar-refractivity contribution in [1.29, 1.82) is 0 Å². The predicted molar refractivity (Wildman–Crippen MR) is 113 cm³/mol. The zero-order valence-electron chi connectivity index (χ0n) is 17.3. The summed E-state index contributed by atoms with van der Waals surface area (Å²) in [6.45, 7) is 1.58. The number of nitrogens with zero attached hydrogens (tertiary/aromatic N) is 2. The van der Waals surface area contributed by atoms with E-state index in [1.54, 1.807) is 0 Å². The first kappa shape index (κ1) is 18.9. The van der Waals surface area contributed by atoms with Crippen LogP contribution in [0.15, 0.2) is 42.5 Å². The van der Waals surface area contributed by atoms with Crippen molar-refractivity contribution in [3.05, 3.63) is 48.0 Å². The molecule has 4 aliphatic rings. The van der Waals surface area contributed by atoms with Gasteiger partial charge in [-0.2, -0.15) is 0 Å². The van der Waals surface area contributed by atoms with Crippen molar-refractivity contribution in [2.75, 3.05) is 13.1 Å². The van der Waals surface area contributed by atoms with Crippen molar-refractivity contribution in [3.8, 4) is 0 Å². The Labute approximate surface area is 173 Å². The Morgan fingerprint density at radius 3 is 2.24 bits per heavy atom. The standard InChI is InChI=1S/C25H32N2O2/c28-23(20-11-5-6-12-20)26-17-13-21(14-18-26)27-22(19-9-3-1-4-10-19)25(24(27)29)15-7-2-8-16-25/h1,3-6,9-10,20-22H,2,7-8,11-18H2. The van der Waals surface area contributed by atoms with Crippen LogP contribution in [-0.2, 0) is 9.59 Å². The van der Waals surface area contributed by atoms with Gasteiger partial charge in [-0.1, -0.05) is 61.7 Å². The Balaban J connectivity index is 1.31. The number of β-lactam (4-membered cyclic amide) rings is 1. The number of allylic oxidation sites excluding steroid dienone is 2. The van der Waals surface area contributed by atoms with Crippen LogP contribution in [0.1, 0.15) is 69.4 Å². The molecular weight excluding hydrogens is 360 g/mol. The van der Waals surface area contributed by atoms with E-state index < -0.39 is 0 Å². The van der Waals surface area contributed by atoms with Gasteiger partial charge >= 0.3 is 0 Å². The maximum atomic E-state index is 13.5. The fourth-order valence-electron chi connectivity index (χ4n) is 6.29. The lowest BCUT2D eigenvalue weighted by atomic mass is 9.59. The maximum absolute atomic E-state index is 13.5. The lowest BCUT2D eigenvalue weighted by molar-refractivity contribution is -0.186. The third-order valence-electron chi connectivity index (χ3n) is 7.85. The topological polar surface area (TPSA) is 40.6 Å². The second-order valence-electron chi connectivity index (χ2n) is 9.44. The lowest BCUT2D eigenvalue weighted by Crippen LogP contribution is -2.67. The molecule has 0 aromatic heterocycles. The maximum Gasteiger partial charge on any atom is 0.232 e. The molecule has 1 unspecified atom stereocenters. The van der Waals surface area contributed by atoms with Gasteiger partial charge in [0, 0.05) is 25.0 Å².